The van der Waals surface area contributed by atoms with E-state index in [-0.39, 0.29) is 5.75 Å². The molecule has 1 N–H and O–H groups in total. The summed E-state index contributed by atoms with van der Waals surface area (Å²) in [5.41, 5.74) is 0. The van der Waals surface area contributed by atoms with E-state index in [0.717, 1.165) is 12.8 Å². The molecule has 0 aliphatic rings. The summed E-state index contributed by atoms with van der Waals surface area (Å²) in [7, 11) is -1.80. The van der Waals surface area contributed by atoms with Crippen molar-refractivity contribution in [3.05, 3.63) is 5.82 Å². The number of hydrogen-bond acceptors (Lipinski definition) is 5. The van der Waals surface area contributed by atoms with Crippen molar-refractivity contribution in [2.45, 2.75) is 84.7 Å². The van der Waals surface area contributed by atoms with Crippen LogP contribution in [-0.2, 0) is 16.6 Å². The van der Waals surface area contributed by atoms with Gasteiger partial charge in [-0.1, -0.05) is 57.0 Å². The Morgan fingerprint density at radius 3 is 2.20 bits per heavy atom. The van der Waals surface area contributed by atoms with Crippen molar-refractivity contribution in [1.29, 1.82) is 0 Å². The molecule has 25 heavy (non-hydrogen) atoms. The van der Waals surface area contributed by atoms with Crippen LogP contribution in [0.15, 0.2) is 0 Å². The Balaban J connectivity index is 2.38. The first-order valence-corrected chi connectivity index (χ1v) is 11.1. The van der Waals surface area contributed by atoms with Crippen LogP contribution < -0.4 is 9.46 Å². The number of nitrogens with one attached hydrogen (secondary N) is 1. The zero-order chi connectivity index (χ0) is 18.7. The first-order valence-electron chi connectivity index (χ1n) is 9.42. The van der Waals surface area contributed by atoms with Gasteiger partial charge >= 0.3 is 6.01 Å². The van der Waals surface area contributed by atoms with Crippen molar-refractivity contribution in [3.63, 3.8) is 0 Å². The first kappa shape index (κ1) is 21.9. The lowest BCUT2D eigenvalue weighted by Crippen LogP contribution is -2.30. The maximum absolute atomic E-state index is 12.3. The maximum Gasteiger partial charge on any atom is 0.316 e. The molecular formula is C17H34N4O3S. The van der Waals surface area contributed by atoms with E-state index in [0.29, 0.717) is 24.8 Å². The van der Waals surface area contributed by atoms with E-state index in [1.165, 1.54) is 39.2 Å². The molecule has 1 heterocycles. The SMILES string of the molecule is CCCCCCCCCCS(=O)(=O)N[C@H](C)c1nnc(OC)n1CC. The van der Waals surface area contributed by atoms with Crippen LogP contribution in [0.1, 0.15) is 84.0 Å². The lowest BCUT2D eigenvalue weighted by atomic mass is 10.1. The molecule has 7 nitrogen and oxygen atoms in total. The smallest absolute Gasteiger partial charge is 0.316 e. The van der Waals surface area contributed by atoms with Gasteiger partial charge in [0.25, 0.3) is 0 Å². The molecule has 1 rings (SSSR count). The normalized spacial score (nSPS) is 13.1. The molecule has 0 amide bonds. The molecule has 0 bridgehead atoms. The van der Waals surface area contributed by atoms with Crippen LogP contribution in [-0.4, -0.2) is 36.0 Å². The van der Waals surface area contributed by atoms with Gasteiger partial charge in [-0.3, -0.25) is 4.57 Å². The standard InChI is InChI=1S/C17H34N4O3S/c1-5-7-8-9-10-11-12-13-14-25(22,23)20-15(3)16-18-19-17(24-4)21(16)6-2/h15,20H,5-14H2,1-4H3/t15-/m1/s1. The lowest BCUT2D eigenvalue weighted by Gasteiger charge is -2.15. The summed E-state index contributed by atoms with van der Waals surface area (Å²) in [6, 6.07) is -0.0398. The molecular weight excluding hydrogens is 340 g/mol. The van der Waals surface area contributed by atoms with Gasteiger partial charge in [-0.2, -0.15) is 0 Å². The maximum atomic E-state index is 12.3. The zero-order valence-corrected chi connectivity index (χ0v) is 16.9. The van der Waals surface area contributed by atoms with Gasteiger partial charge in [0, 0.05) is 6.54 Å². The molecule has 0 spiro atoms. The van der Waals surface area contributed by atoms with Gasteiger partial charge in [0.15, 0.2) is 5.82 Å². The average molecular weight is 375 g/mol. The predicted molar refractivity (Wildman–Crippen MR) is 100 cm³/mol. The Labute approximate surface area is 152 Å². The zero-order valence-electron chi connectivity index (χ0n) is 16.1. The van der Waals surface area contributed by atoms with E-state index in [1.54, 1.807) is 11.5 Å². The molecule has 0 fully saturated rings. The average Bonchev–Trinajstić information content (AvgIpc) is 3.00. The Hall–Kier alpha value is -1.15. The fourth-order valence-corrected chi connectivity index (χ4v) is 4.22. The second-order valence-electron chi connectivity index (χ2n) is 6.42. The van der Waals surface area contributed by atoms with Crippen LogP contribution in [0.4, 0.5) is 0 Å². The highest BCUT2D eigenvalue weighted by molar-refractivity contribution is 7.89. The second-order valence-corrected chi connectivity index (χ2v) is 8.30. The quantitative estimate of drug-likeness (QED) is 0.504. The van der Waals surface area contributed by atoms with Crippen LogP contribution in [0, 0.1) is 0 Å². The highest BCUT2D eigenvalue weighted by atomic mass is 32.2. The third kappa shape index (κ3) is 7.73. The Kier molecular flexibility index (Phi) is 10.0. The van der Waals surface area contributed by atoms with Gasteiger partial charge in [0.2, 0.25) is 10.0 Å². The number of nitrogens with zero attached hydrogens (tertiary/aromatic N) is 3. The van der Waals surface area contributed by atoms with Crippen LogP contribution in [0.2, 0.25) is 0 Å². The van der Waals surface area contributed by atoms with E-state index in [1.807, 2.05) is 6.92 Å². The molecule has 0 saturated carbocycles. The van der Waals surface area contributed by atoms with E-state index in [2.05, 4.69) is 21.8 Å². The highest BCUT2D eigenvalue weighted by Crippen LogP contribution is 2.17. The summed E-state index contributed by atoms with van der Waals surface area (Å²) < 4.78 is 34.1. The number of rotatable bonds is 14. The third-order valence-corrected chi connectivity index (χ3v) is 5.79. The van der Waals surface area contributed by atoms with Crippen LogP contribution >= 0.6 is 0 Å². The Bertz CT molecular complexity index is 587. The Morgan fingerprint density at radius 1 is 1.04 bits per heavy atom. The van der Waals surface area contributed by atoms with E-state index < -0.39 is 16.1 Å². The van der Waals surface area contributed by atoms with Gasteiger partial charge < -0.3 is 4.74 Å². The second kappa shape index (κ2) is 11.5. The molecule has 0 saturated heterocycles. The molecule has 8 heteroatoms. The number of ether oxygens (including phenoxy) is 1. The fourth-order valence-electron chi connectivity index (χ4n) is 2.88. The summed E-state index contributed by atoms with van der Waals surface area (Å²) >= 11 is 0. The van der Waals surface area contributed by atoms with Crippen molar-refractivity contribution in [3.8, 4) is 6.01 Å². The molecule has 0 aromatic carbocycles. The molecule has 1 aromatic heterocycles. The number of unbranched alkanes of at least 4 members (excludes halogenated alkanes) is 7. The minimum atomic E-state index is -3.32. The summed E-state index contributed by atoms with van der Waals surface area (Å²) in [6.45, 7) is 6.55. The fraction of sp³-hybridized carbons (Fsp3) is 0.882. The molecule has 0 unspecified atom stereocenters. The van der Waals surface area contributed by atoms with Crippen molar-refractivity contribution in [2.24, 2.45) is 0 Å². The summed E-state index contributed by atoms with van der Waals surface area (Å²) in [5.74, 6) is 0.725. The van der Waals surface area contributed by atoms with Gasteiger partial charge in [-0.15, -0.1) is 5.10 Å². The molecule has 1 aromatic rings. The third-order valence-electron chi connectivity index (χ3n) is 4.25. The van der Waals surface area contributed by atoms with Crippen LogP contribution in [0.3, 0.4) is 0 Å². The van der Waals surface area contributed by atoms with Gasteiger partial charge in [0.1, 0.15) is 0 Å². The number of methoxy groups -OCH3 is 1. The molecule has 0 aliphatic carbocycles. The van der Waals surface area contributed by atoms with Crippen molar-refractivity contribution >= 4 is 10.0 Å². The van der Waals surface area contributed by atoms with Crippen LogP contribution in [0.5, 0.6) is 6.01 Å². The molecule has 1 atom stereocenters. The number of hydrogen-bond donors (Lipinski definition) is 1. The van der Waals surface area contributed by atoms with Gasteiger partial charge in [-0.25, -0.2) is 13.1 Å². The summed E-state index contributed by atoms with van der Waals surface area (Å²) in [4.78, 5) is 0. The number of aromatic nitrogens is 3. The molecule has 0 radical (unpaired) electrons. The van der Waals surface area contributed by atoms with Crippen molar-refractivity contribution in [1.82, 2.24) is 19.5 Å². The van der Waals surface area contributed by atoms with Crippen molar-refractivity contribution < 1.29 is 13.2 Å². The minimum Gasteiger partial charge on any atom is -0.467 e. The first-order chi connectivity index (χ1) is 11.9. The van der Waals surface area contributed by atoms with E-state index in [4.69, 9.17) is 4.74 Å². The topological polar surface area (TPSA) is 86.1 Å². The molecule has 146 valence electrons. The number of sulfonamides is 1. The largest absolute Gasteiger partial charge is 0.467 e. The van der Waals surface area contributed by atoms with E-state index >= 15 is 0 Å². The summed E-state index contributed by atoms with van der Waals surface area (Å²) in [6.07, 6.45) is 9.04. The summed E-state index contributed by atoms with van der Waals surface area (Å²) in [5, 5.41) is 7.98. The van der Waals surface area contributed by atoms with Gasteiger partial charge in [0.05, 0.1) is 18.9 Å². The predicted octanol–water partition coefficient (Wildman–Crippen LogP) is 3.43. The highest BCUT2D eigenvalue weighted by Gasteiger charge is 2.21. The van der Waals surface area contributed by atoms with E-state index in [9.17, 15) is 8.42 Å². The molecule has 0 aliphatic heterocycles. The lowest BCUT2D eigenvalue weighted by molar-refractivity contribution is 0.354. The minimum absolute atomic E-state index is 0.156. The monoisotopic (exact) mass is 374 g/mol. The van der Waals surface area contributed by atoms with Crippen molar-refractivity contribution in [2.75, 3.05) is 12.9 Å². The van der Waals surface area contributed by atoms with Crippen LogP contribution in [0.25, 0.3) is 0 Å². The Morgan fingerprint density at radius 2 is 1.64 bits per heavy atom. The van der Waals surface area contributed by atoms with Gasteiger partial charge in [-0.05, 0) is 20.3 Å².